The highest BCUT2D eigenvalue weighted by molar-refractivity contribution is 5.44. The first-order valence-corrected chi connectivity index (χ1v) is 10.8. The lowest BCUT2D eigenvalue weighted by Gasteiger charge is -2.16. The van der Waals surface area contributed by atoms with Gasteiger partial charge in [0.1, 0.15) is 5.75 Å². The summed E-state index contributed by atoms with van der Waals surface area (Å²) >= 11 is 0. The molecule has 0 saturated carbocycles. The lowest BCUT2D eigenvalue weighted by atomic mass is 10.0. The van der Waals surface area contributed by atoms with Crippen LogP contribution in [0, 0.1) is 0 Å². The summed E-state index contributed by atoms with van der Waals surface area (Å²) in [7, 11) is 0. The van der Waals surface area contributed by atoms with Crippen molar-refractivity contribution in [2.75, 3.05) is 39.6 Å². The number of phenols is 1. The fourth-order valence-corrected chi connectivity index (χ4v) is 2.87. The second-order valence-electron chi connectivity index (χ2n) is 7.07. The van der Waals surface area contributed by atoms with Crippen molar-refractivity contribution in [3.8, 4) is 5.75 Å². The van der Waals surface area contributed by atoms with Crippen LogP contribution >= 0.6 is 0 Å². The molecule has 0 aliphatic heterocycles. The number of aromatic hydroxyl groups is 1. The van der Waals surface area contributed by atoms with Crippen LogP contribution in [-0.2, 0) is 19.6 Å². The summed E-state index contributed by atoms with van der Waals surface area (Å²) in [4.78, 5) is 0. The molecule has 1 aromatic carbocycles. The monoisotopic (exact) mass is 394 g/mol. The summed E-state index contributed by atoms with van der Waals surface area (Å²) in [5.41, 5.74) is 3.07. The zero-order valence-electron chi connectivity index (χ0n) is 18.1. The van der Waals surface area contributed by atoms with E-state index >= 15 is 0 Å². The maximum Gasteiger partial charge on any atom is 0.124 e. The number of nitrogens with one attached hydrogen (secondary N) is 6. The molecule has 7 N–H and O–H groups in total. The lowest BCUT2D eigenvalue weighted by molar-refractivity contribution is 0.450. The highest BCUT2D eigenvalue weighted by atomic mass is 16.3. The Bertz CT molecular complexity index is 477. The van der Waals surface area contributed by atoms with E-state index in [1.165, 1.54) is 5.56 Å². The molecule has 0 amide bonds. The summed E-state index contributed by atoms with van der Waals surface area (Å²) < 4.78 is 0. The fraction of sp³-hybridized carbons (Fsp3) is 0.714. The summed E-state index contributed by atoms with van der Waals surface area (Å²) in [5, 5.41) is 30.9. The van der Waals surface area contributed by atoms with Crippen molar-refractivity contribution in [2.24, 2.45) is 0 Å². The summed E-state index contributed by atoms with van der Waals surface area (Å²) in [6.07, 6.45) is 3.36. The van der Waals surface area contributed by atoms with E-state index in [4.69, 9.17) is 0 Å². The smallest absolute Gasteiger partial charge is 0.124 e. The molecule has 0 saturated heterocycles. The van der Waals surface area contributed by atoms with Crippen LogP contribution in [0.3, 0.4) is 0 Å². The SMILES string of the molecule is CCCNCNCc1cc(CNCNCCC)c(O)c(CNCNCCC)c1. The number of rotatable bonds is 18. The Morgan fingerprint density at radius 2 is 1.00 bits per heavy atom. The number of hydrogen-bond acceptors (Lipinski definition) is 7. The van der Waals surface area contributed by atoms with Crippen molar-refractivity contribution in [1.82, 2.24) is 31.9 Å². The number of hydrogen-bond donors (Lipinski definition) is 7. The van der Waals surface area contributed by atoms with Gasteiger partial charge in [0, 0.05) is 50.8 Å². The highest BCUT2D eigenvalue weighted by Crippen LogP contribution is 2.25. The van der Waals surface area contributed by atoms with Gasteiger partial charge >= 0.3 is 0 Å². The molecular formula is C21H42N6O. The highest BCUT2D eigenvalue weighted by Gasteiger charge is 2.10. The van der Waals surface area contributed by atoms with Crippen LogP contribution in [0.2, 0.25) is 0 Å². The molecule has 0 radical (unpaired) electrons. The third-order valence-corrected chi connectivity index (χ3v) is 4.32. The molecule has 7 heteroatoms. The van der Waals surface area contributed by atoms with Crippen LogP contribution in [0.15, 0.2) is 12.1 Å². The first-order chi connectivity index (χ1) is 13.7. The quantitative estimate of drug-likeness (QED) is 0.150. The first kappa shape index (κ1) is 24.8. The Morgan fingerprint density at radius 3 is 1.39 bits per heavy atom. The van der Waals surface area contributed by atoms with E-state index < -0.39 is 0 Å². The predicted molar refractivity (Wildman–Crippen MR) is 118 cm³/mol. The zero-order valence-corrected chi connectivity index (χ0v) is 18.1. The number of phenolic OH excluding ortho intramolecular Hbond substituents is 1. The van der Waals surface area contributed by atoms with Gasteiger partial charge in [-0.1, -0.05) is 20.8 Å². The molecule has 0 heterocycles. The van der Waals surface area contributed by atoms with E-state index in [1.807, 2.05) is 0 Å². The third kappa shape index (κ3) is 10.9. The van der Waals surface area contributed by atoms with Crippen LogP contribution in [0.25, 0.3) is 0 Å². The van der Waals surface area contributed by atoms with Gasteiger partial charge in [0.15, 0.2) is 0 Å². The molecule has 0 fully saturated rings. The molecule has 0 aliphatic carbocycles. The molecule has 1 rings (SSSR count). The maximum atomic E-state index is 10.7. The molecule has 7 nitrogen and oxygen atoms in total. The second-order valence-corrected chi connectivity index (χ2v) is 7.07. The molecule has 0 aromatic heterocycles. The van der Waals surface area contributed by atoms with Crippen molar-refractivity contribution in [2.45, 2.75) is 59.7 Å². The Hall–Kier alpha value is -1.22. The molecule has 28 heavy (non-hydrogen) atoms. The van der Waals surface area contributed by atoms with Gasteiger partial charge in [0.25, 0.3) is 0 Å². The average molecular weight is 395 g/mol. The van der Waals surface area contributed by atoms with Gasteiger partial charge in [0.2, 0.25) is 0 Å². The minimum atomic E-state index is 0.388. The normalized spacial score (nSPS) is 11.2. The third-order valence-electron chi connectivity index (χ3n) is 4.32. The molecule has 0 spiro atoms. The van der Waals surface area contributed by atoms with Crippen LogP contribution in [0.5, 0.6) is 5.75 Å². The summed E-state index contributed by atoms with van der Waals surface area (Å²) in [5.74, 6) is 0.388. The van der Waals surface area contributed by atoms with Gasteiger partial charge in [-0.2, -0.15) is 0 Å². The topological polar surface area (TPSA) is 92.4 Å². The summed E-state index contributed by atoms with van der Waals surface area (Å²) in [6, 6.07) is 4.18. The van der Waals surface area contributed by atoms with Crippen LogP contribution < -0.4 is 31.9 Å². The molecule has 162 valence electrons. The number of benzene rings is 1. The Kier molecular flexibility index (Phi) is 14.8. The van der Waals surface area contributed by atoms with E-state index in [2.05, 4.69) is 64.8 Å². The standard InChI is InChI=1S/C21H42N6O/c1-4-7-22-15-25-12-18-10-19(13-26-16-23-8-5-2)21(28)20(11-18)14-27-17-24-9-6-3/h10-11,22-28H,4-9,12-17H2,1-3H3. The van der Waals surface area contributed by atoms with Crippen LogP contribution in [-0.4, -0.2) is 44.7 Å². The van der Waals surface area contributed by atoms with E-state index in [-0.39, 0.29) is 0 Å². The van der Waals surface area contributed by atoms with E-state index in [0.717, 1.165) is 76.6 Å². The average Bonchev–Trinajstić information content (AvgIpc) is 2.70. The molecule has 0 aliphatic rings. The Balaban J connectivity index is 2.65. The summed E-state index contributed by atoms with van der Waals surface area (Å²) in [6.45, 7) is 13.8. The largest absolute Gasteiger partial charge is 0.507 e. The van der Waals surface area contributed by atoms with E-state index in [1.54, 1.807) is 0 Å². The maximum absolute atomic E-state index is 10.7. The van der Waals surface area contributed by atoms with Gasteiger partial charge in [-0.25, -0.2) is 0 Å². The van der Waals surface area contributed by atoms with Crippen molar-refractivity contribution >= 4 is 0 Å². The fourth-order valence-electron chi connectivity index (χ4n) is 2.87. The van der Waals surface area contributed by atoms with E-state index in [9.17, 15) is 5.11 Å². The van der Waals surface area contributed by atoms with Crippen molar-refractivity contribution in [3.63, 3.8) is 0 Å². The Morgan fingerprint density at radius 1 is 0.607 bits per heavy atom. The molecule has 0 atom stereocenters. The minimum absolute atomic E-state index is 0.388. The molecule has 0 bridgehead atoms. The predicted octanol–water partition coefficient (Wildman–Crippen LogP) is 1.53. The van der Waals surface area contributed by atoms with Crippen molar-refractivity contribution < 1.29 is 5.11 Å². The van der Waals surface area contributed by atoms with Gasteiger partial charge in [-0.3, -0.25) is 0 Å². The van der Waals surface area contributed by atoms with Crippen molar-refractivity contribution in [1.29, 1.82) is 0 Å². The molecule has 1 aromatic rings. The minimum Gasteiger partial charge on any atom is -0.507 e. The van der Waals surface area contributed by atoms with Gasteiger partial charge in [-0.05, 0) is 56.6 Å². The van der Waals surface area contributed by atoms with Gasteiger partial charge in [0.05, 0.1) is 0 Å². The van der Waals surface area contributed by atoms with Gasteiger partial charge in [-0.15, -0.1) is 0 Å². The lowest BCUT2D eigenvalue weighted by Crippen LogP contribution is -2.30. The van der Waals surface area contributed by atoms with Crippen LogP contribution in [0.1, 0.15) is 56.7 Å². The Labute approximate surface area is 171 Å². The molecular weight excluding hydrogens is 352 g/mol. The van der Waals surface area contributed by atoms with E-state index in [0.29, 0.717) is 18.8 Å². The molecule has 0 unspecified atom stereocenters. The zero-order chi connectivity index (χ0) is 20.5. The van der Waals surface area contributed by atoms with Crippen molar-refractivity contribution in [3.05, 3.63) is 28.8 Å². The van der Waals surface area contributed by atoms with Gasteiger partial charge < -0.3 is 37.0 Å². The van der Waals surface area contributed by atoms with Crippen LogP contribution in [0.4, 0.5) is 0 Å². The first-order valence-electron chi connectivity index (χ1n) is 10.8. The second kappa shape index (κ2) is 16.7.